The minimum atomic E-state index is 0.434. The van der Waals surface area contributed by atoms with Gasteiger partial charge in [-0.15, -0.1) is 0 Å². The van der Waals surface area contributed by atoms with Crippen LogP contribution in [0.3, 0.4) is 0 Å². The summed E-state index contributed by atoms with van der Waals surface area (Å²) >= 11 is 0. The summed E-state index contributed by atoms with van der Waals surface area (Å²) in [5.41, 5.74) is 4.32. The molecule has 72 valence electrons. The normalized spacial score (nSPS) is 20.1. The highest BCUT2D eigenvalue weighted by molar-refractivity contribution is 6.32. The van der Waals surface area contributed by atoms with Gasteiger partial charge in [-0.25, -0.2) is 0 Å². The molecule has 0 saturated carbocycles. The van der Waals surface area contributed by atoms with Crippen LogP contribution in [0.25, 0.3) is 0 Å². The van der Waals surface area contributed by atoms with Gasteiger partial charge < -0.3 is 0 Å². The average Bonchev–Trinajstić information content (AvgIpc) is 1.99. The first-order valence-corrected chi connectivity index (χ1v) is 5.34. The second kappa shape index (κ2) is 3.15. The highest BCUT2D eigenvalue weighted by atomic mass is 14.3. The smallest absolute Gasteiger partial charge is 0.0964 e. The highest BCUT2D eigenvalue weighted by Gasteiger charge is 2.29. The van der Waals surface area contributed by atoms with Gasteiger partial charge in [-0.1, -0.05) is 44.4 Å². The zero-order valence-corrected chi connectivity index (χ0v) is 9.30. The molecule has 1 aliphatic rings. The van der Waals surface area contributed by atoms with Crippen molar-refractivity contribution in [2.24, 2.45) is 5.41 Å². The number of hydrogen-bond acceptors (Lipinski definition) is 0. The summed E-state index contributed by atoms with van der Waals surface area (Å²) in [5, 5.41) is 0. The molecule has 0 nitrogen and oxygen atoms in total. The fourth-order valence-corrected chi connectivity index (χ4v) is 2.37. The molecule has 0 bridgehead atoms. The molecule has 0 fully saturated rings. The van der Waals surface area contributed by atoms with Gasteiger partial charge in [0.1, 0.15) is 7.85 Å². The van der Waals surface area contributed by atoms with E-state index in [0.29, 0.717) is 5.41 Å². The first-order valence-electron chi connectivity index (χ1n) is 5.34. The Morgan fingerprint density at radius 1 is 1.36 bits per heavy atom. The van der Waals surface area contributed by atoms with Gasteiger partial charge in [0.2, 0.25) is 0 Å². The lowest BCUT2D eigenvalue weighted by Gasteiger charge is -2.35. The second-order valence-corrected chi connectivity index (χ2v) is 5.62. The molecule has 0 N–H and O–H groups in total. The first-order chi connectivity index (χ1) is 6.46. The molecule has 2 rings (SSSR count). The van der Waals surface area contributed by atoms with Crippen LogP contribution in [0, 0.1) is 5.41 Å². The van der Waals surface area contributed by atoms with Crippen LogP contribution in [0.5, 0.6) is 0 Å². The summed E-state index contributed by atoms with van der Waals surface area (Å²) in [6.45, 7) is 6.92. The maximum absolute atomic E-state index is 5.73. The van der Waals surface area contributed by atoms with Gasteiger partial charge in [-0.2, -0.15) is 0 Å². The third-order valence-corrected chi connectivity index (χ3v) is 2.93. The summed E-state index contributed by atoms with van der Waals surface area (Å²) < 4.78 is 0. The molecule has 2 radical (unpaired) electrons. The number of fused-ring (bicyclic) bond motifs is 1. The Hall–Kier alpha value is -0.715. The SMILES string of the molecule is [B]c1ccc2c(c1)CC2CC(C)(C)C. The van der Waals surface area contributed by atoms with Crippen LogP contribution in [-0.2, 0) is 6.42 Å². The van der Waals surface area contributed by atoms with E-state index in [1.807, 2.05) is 6.07 Å². The van der Waals surface area contributed by atoms with Crippen molar-refractivity contribution in [1.82, 2.24) is 0 Å². The quantitative estimate of drug-likeness (QED) is 0.588. The lowest BCUT2D eigenvalue weighted by molar-refractivity contribution is 0.323. The fraction of sp³-hybridized carbons (Fsp3) is 0.538. The van der Waals surface area contributed by atoms with Gasteiger partial charge in [-0.3, -0.25) is 0 Å². The molecule has 0 aromatic heterocycles. The molecule has 0 aliphatic heterocycles. The molecule has 1 unspecified atom stereocenters. The molecule has 0 saturated heterocycles. The molecular formula is C13H17B. The molecular weight excluding hydrogens is 167 g/mol. The van der Waals surface area contributed by atoms with Gasteiger partial charge in [0.05, 0.1) is 0 Å². The van der Waals surface area contributed by atoms with E-state index in [1.165, 1.54) is 24.0 Å². The van der Waals surface area contributed by atoms with Gasteiger partial charge in [0, 0.05) is 0 Å². The maximum Gasteiger partial charge on any atom is 0.113 e. The van der Waals surface area contributed by atoms with Crippen molar-refractivity contribution in [1.29, 1.82) is 0 Å². The predicted octanol–water partition coefficient (Wildman–Crippen LogP) is 2.56. The summed E-state index contributed by atoms with van der Waals surface area (Å²) in [4.78, 5) is 0. The Morgan fingerprint density at radius 3 is 2.64 bits per heavy atom. The van der Waals surface area contributed by atoms with Crippen molar-refractivity contribution < 1.29 is 0 Å². The number of hydrogen-bond donors (Lipinski definition) is 0. The van der Waals surface area contributed by atoms with Gasteiger partial charge in [0.15, 0.2) is 0 Å². The largest absolute Gasteiger partial charge is 0.113 e. The summed E-state index contributed by atoms with van der Waals surface area (Å²) in [7, 11) is 5.73. The van der Waals surface area contributed by atoms with Crippen LogP contribution in [0.2, 0.25) is 0 Å². The Kier molecular flexibility index (Phi) is 2.21. The van der Waals surface area contributed by atoms with Crippen molar-refractivity contribution in [3.63, 3.8) is 0 Å². The van der Waals surface area contributed by atoms with Crippen LogP contribution in [0.1, 0.15) is 44.2 Å². The van der Waals surface area contributed by atoms with Crippen LogP contribution in [0.15, 0.2) is 18.2 Å². The topological polar surface area (TPSA) is 0 Å². The molecule has 0 spiro atoms. The Morgan fingerprint density at radius 2 is 2.07 bits per heavy atom. The van der Waals surface area contributed by atoms with Crippen molar-refractivity contribution in [3.05, 3.63) is 29.3 Å². The summed E-state index contributed by atoms with van der Waals surface area (Å²) in [6.07, 6.45) is 2.50. The molecule has 0 heterocycles. The van der Waals surface area contributed by atoms with E-state index in [2.05, 4.69) is 32.9 Å². The van der Waals surface area contributed by atoms with Crippen LogP contribution < -0.4 is 5.46 Å². The molecule has 1 atom stereocenters. The number of rotatable bonds is 1. The van der Waals surface area contributed by atoms with Crippen molar-refractivity contribution in [2.75, 3.05) is 0 Å². The van der Waals surface area contributed by atoms with E-state index >= 15 is 0 Å². The monoisotopic (exact) mass is 184 g/mol. The molecule has 0 amide bonds. The van der Waals surface area contributed by atoms with Gasteiger partial charge in [-0.05, 0) is 35.3 Å². The van der Waals surface area contributed by atoms with Crippen LogP contribution >= 0.6 is 0 Å². The first kappa shape index (κ1) is 9.83. The van der Waals surface area contributed by atoms with Crippen LogP contribution in [0.4, 0.5) is 0 Å². The van der Waals surface area contributed by atoms with E-state index in [9.17, 15) is 0 Å². The fourth-order valence-electron chi connectivity index (χ4n) is 2.37. The van der Waals surface area contributed by atoms with Gasteiger partial charge in [0.25, 0.3) is 0 Å². The standard InChI is InChI=1S/C13H17B/c1-13(2,3)8-10-6-9-7-11(14)4-5-12(9)10/h4-5,7,10H,6,8H2,1-3H3. The average molecular weight is 184 g/mol. The van der Waals surface area contributed by atoms with Crippen molar-refractivity contribution in [2.45, 2.75) is 39.5 Å². The van der Waals surface area contributed by atoms with Crippen molar-refractivity contribution >= 4 is 13.3 Å². The predicted molar refractivity (Wildman–Crippen MR) is 62.3 cm³/mol. The van der Waals surface area contributed by atoms with E-state index in [4.69, 9.17) is 7.85 Å². The highest BCUT2D eigenvalue weighted by Crippen LogP contribution is 2.41. The van der Waals surface area contributed by atoms with E-state index in [0.717, 1.165) is 11.4 Å². The number of benzene rings is 1. The lowest BCUT2D eigenvalue weighted by atomic mass is 9.69. The lowest BCUT2D eigenvalue weighted by Crippen LogP contribution is -2.24. The second-order valence-electron chi connectivity index (χ2n) is 5.62. The zero-order valence-electron chi connectivity index (χ0n) is 9.30. The Bertz CT molecular complexity index is 347. The maximum atomic E-state index is 5.73. The third kappa shape index (κ3) is 1.87. The summed E-state index contributed by atoms with van der Waals surface area (Å²) in [6, 6.07) is 6.34. The Balaban J connectivity index is 2.13. The Labute approximate surface area is 88.1 Å². The van der Waals surface area contributed by atoms with E-state index in [1.54, 1.807) is 0 Å². The molecule has 1 aliphatic carbocycles. The molecule has 14 heavy (non-hydrogen) atoms. The minimum Gasteiger partial charge on any atom is -0.0964 e. The molecule has 1 aromatic carbocycles. The third-order valence-electron chi connectivity index (χ3n) is 2.93. The summed E-state index contributed by atoms with van der Waals surface area (Å²) in [5.74, 6) is 0.769. The molecule has 1 aromatic rings. The van der Waals surface area contributed by atoms with Crippen LogP contribution in [-0.4, -0.2) is 7.85 Å². The van der Waals surface area contributed by atoms with Gasteiger partial charge >= 0.3 is 0 Å². The van der Waals surface area contributed by atoms with E-state index < -0.39 is 0 Å². The minimum absolute atomic E-state index is 0.434. The zero-order chi connectivity index (χ0) is 10.3. The van der Waals surface area contributed by atoms with E-state index in [-0.39, 0.29) is 0 Å². The van der Waals surface area contributed by atoms with Crippen molar-refractivity contribution in [3.8, 4) is 0 Å². The molecule has 1 heteroatoms.